The number of Topliss-reactive ketones (excluding diaryl/α,β-unsaturated/α-hetero) is 1. The van der Waals surface area contributed by atoms with Gasteiger partial charge in [0.25, 0.3) is 0 Å². The van der Waals surface area contributed by atoms with Crippen molar-refractivity contribution in [3.63, 3.8) is 0 Å². The Morgan fingerprint density at radius 1 is 1.29 bits per heavy atom. The van der Waals surface area contributed by atoms with Crippen LogP contribution in [0.1, 0.15) is 37.6 Å². The molecule has 0 aromatic heterocycles. The number of ether oxygens (including phenoxy) is 1. The van der Waals surface area contributed by atoms with Crippen molar-refractivity contribution in [1.82, 2.24) is 0 Å². The van der Waals surface area contributed by atoms with E-state index in [2.05, 4.69) is 0 Å². The Balaban J connectivity index is 0.000000461. The molecule has 14 heavy (non-hydrogen) atoms. The molecule has 1 atom stereocenters. The van der Waals surface area contributed by atoms with Crippen LogP contribution in [0, 0.1) is 0 Å². The molecule has 2 heteroatoms. The van der Waals surface area contributed by atoms with Crippen LogP contribution in [0.3, 0.4) is 0 Å². The van der Waals surface area contributed by atoms with Crippen molar-refractivity contribution in [3.8, 4) is 5.75 Å². The van der Waals surface area contributed by atoms with Gasteiger partial charge in [0, 0.05) is 6.42 Å². The van der Waals surface area contributed by atoms with Gasteiger partial charge in [-0.05, 0) is 19.1 Å². The summed E-state index contributed by atoms with van der Waals surface area (Å²) in [4.78, 5) is 11.4. The van der Waals surface area contributed by atoms with E-state index in [1.54, 1.807) is 0 Å². The Morgan fingerprint density at radius 2 is 1.93 bits per heavy atom. The third kappa shape index (κ3) is 2.13. The first-order valence-electron chi connectivity index (χ1n) is 5.06. The summed E-state index contributed by atoms with van der Waals surface area (Å²) in [7, 11) is 0. The number of rotatable bonds is 0. The Kier molecular flexibility index (Phi) is 3.69. The van der Waals surface area contributed by atoms with Gasteiger partial charge < -0.3 is 4.74 Å². The standard InChI is InChI=1S/C10H10O2.C2H6/c1-7-6-9(11)8-4-2-3-5-10(8)12-7;1-2/h2-5,7H,6H2,1H3;1-2H3. The average molecular weight is 192 g/mol. The quantitative estimate of drug-likeness (QED) is 0.631. The molecule has 1 aromatic carbocycles. The number of carbonyl (C=O) groups is 1. The van der Waals surface area contributed by atoms with E-state index >= 15 is 0 Å². The summed E-state index contributed by atoms with van der Waals surface area (Å²) in [6, 6.07) is 7.38. The van der Waals surface area contributed by atoms with Crippen LogP contribution in [0.2, 0.25) is 0 Å². The molecule has 1 unspecified atom stereocenters. The number of fused-ring (bicyclic) bond motifs is 1. The molecule has 0 N–H and O–H groups in total. The molecular weight excluding hydrogens is 176 g/mol. The molecule has 1 aromatic rings. The third-order valence-electron chi connectivity index (χ3n) is 1.99. The largest absolute Gasteiger partial charge is 0.489 e. The summed E-state index contributed by atoms with van der Waals surface area (Å²) in [5.41, 5.74) is 0.718. The Morgan fingerprint density at radius 3 is 2.64 bits per heavy atom. The van der Waals surface area contributed by atoms with Crippen LogP contribution >= 0.6 is 0 Å². The van der Waals surface area contributed by atoms with Crippen molar-refractivity contribution in [2.75, 3.05) is 0 Å². The lowest BCUT2D eigenvalue weighted by atomic mass is 10.0. The van der Waals surface area contributed by atoms with Crippen molar-refractivity contribution in [2.45, 2.75) is 33.3 Å². The summed E-state index contributed by atoms with van der Waals surface area (Å²) in [5.74, 6) is 0.908. The molecule has 0 saturated heterocycles. The summed E-state index contributed by atoms with van der Waals surface area (Å²) in [5, 5.41) is 0. The zero-order valence-electron chi connectivity index (χ0n) is 8.91. The van der Waals surface area contributed by atoms with Crippen molar-refractivity contribution < 1.29 is 9.53 Å². The first-order chi connectivity index (χ1) is 6.77. The van der Waals surface area contributed by atoms with Gasteiger partial charge in [-0.15, -0.1) is 0 Å². The zero-order valence-corrected chi connectivity index (χ0v) is 8.91. The van der Waals surface area contributed by atoms with Crippen LogP contribution in [0.25, 0.3) is 0 Å². The lowest BCUT2D eigenvalue weighted by molar-refractivity contribution is 0.0871. The maximum Gasteiger partial charge on any atom is 0.170 e. The lowest BCUT2D eigenvalue weighted by Crippen LogP contribution is -2.23. The molecule has 2 rings (SSSR count). The highest BCUT2D eigenvalue weighted by molar-refractivity contribution is 5.99. The highest BCUT2D eigenvalue weighted by atomic mass is 16.5. The van der Waals surface area contributed by atoms with E-state index in [-0.39, 0.29) is 11.9 Å². The number of hydrogen-bond acceptors (Lipinski definition) is 2. The normalized spacial score (nSPS) is 18.8. The summed E-state index contributed by atoms with van der Waals surface area (Å²) >= 11 is 0. The minimum atomic E-state index is 0.0207. The molecule has 76 valence electrons. The molecule has 0 saturated carbocycles. The fourth-order valence-electron chi connectivity index (χ4n) is 1.43. The monoisotopic (exact) mass is 192 g/mol. The molecule has 1 heterocycles. The van der Waals surface area contributed by atoms with Crippen LogP contribution in [0.5, 0.6) is 5.75 Å². The Bertz CT molecular complexity index is 318. The second kappa shape index (κ2) is 4.80. The van der Waals surface area contributed by atoms with Gasteiger partial charge in [0.1, 0.15) is 11.9 Å². The van der Waals surface area contributed by atoms with Crippen molar-refractivity contribution in [2.24, 2.45) is 0 Å². The molecule has 1 aliphatic rings. The van der Waals surface area contributed by atoms with Gasteiger partial charge in [-0.2, -0.15) is 0 Å². The van der Waals surface area contributed by atoms with Gasteiger partial charge in [-0.3, -0.25) is 4.79 Å². The summed E-state index contributed by atoms with van der Waals surface area (Å²) < 4.78 is 5.48. The molecule has 0 spiro atoms. The first kappa shape index (κ1) is 10.8. The predicted molar refractivity (Wildman–Crippen MR) is 56.8 cm³/mol. The Labute approximate surface area is 84.9 Å². The second-order valence-electron chi connectivity index (χ2n) is 3.05. The van der Waals surface area contributed by atoms with E-state index in [9.17, 15) is 4.79 Å². The molecule has 2 nitrogen and oxygen atoms in total. The van der Waals surface area contributed by atoms with Gasteiger partial charge in [0.05, 0.1) is 5.56 Å². The Hall–Kier alpha value is -1.31. The van der Waals surface area contributed by atoms with Crippen molar-refractivity contribution >= 4 is 5.78 Å². The summed E-state index contributed by atoms with van der Waals surface area (Å²) in [6.45, 7) is 5.91. The maximum absolute atomic E-state index is 11.4. The highest BCUT2D eigenvalue weighted by Crippen LogP contribution is 2.26. The van der Waals surface area contributed by atoms with Gasteiger partial charge in [-0.25, -0.2) is 0 Å². The SMILES string of the molecule is CC.CC1CC(=O)c2ccccc2O1. The van der Waals surface area contributed by atoms with E-state index in [0.717, 1.165) is 11.3 Å². The van der Waals surface area contributed by atoms with Crippen LogP contribution in [-0.2, 0) is 0 Å². The van der Waals surface area contributed by atoms with Gasteiger partial charge in [0.15, 0.2) is 5.78 Å². The molecule has 0 radical (unpaired) electrons. The third-order valence-corrected chi connectivity index (χ3v) is 1.99. The fraction of sp³-hybridized carbons (Fsp3) is 0.417. The number of ketones is 1. The van der Waals surface area contributed by atoms with Crippen molar-refractivity contribution in [1.29, 1.82) is 0 Å². The highest BCUT2D eigenvalue weighted by Gasteiger charge is 2.22. The number of para-hydroxylation sites is 1. The number of benzene rings is 1. The van der Waals surface area contributed by atoms with Gasteiger partial charge in [0.2, 0.25) is 0 Å². The van der Waals surface area contributed by atoms with E-state index < -0.39 is 0 Å². The van der Waals surface area contributed by atoms with E-state index in [0.29, 0.717) is 6.42 Å². The number of carbonyl (C=O) groups excluding carboxylic acids is 1. The van der Waals surface area contributed by atoms with Crippen LogP contribution in [0.15, 0.2) is 24.3 Å². The van der Waals surface area contributed by atoms with E-state index in [1.807, 2.05) is 45.0 Å². The second-order valence-corrected chi connectivity index (χ2v) is 3.05. The molecule has 1 aliphatic heterocycles. The van der Waals surface area contributed by atoms with E-state index in [4.69, 9.17) is 4.74 Å². The van der Waals surface area contributed by atoms with Crippen LogP contribution < -0.4 is 4.74 Å². The van der Waals surface area contributed by atoms with E-state index in [1.165, 1.54) is 0 Å². The summed E-state index contributed by atoms with van der Waals surface area (Å²) in [6.07, 6.45) is 0.518. The van der Waals surface area contributed by atoms with Crippen molar-refractivity contribution in [3.05, 3.63) is 29.8 Å². The topological polar surface area (TPSA) is 26.3 Å². The maximum atomic E-state index is 11.4. The average Bonchev–Trinajstić information content (AvgIpc) is 2.20. The van der Waals surface area contributed by atoms with Crippen LogP contribution in [-0.4, -0.2) is 11.9 Å². The van der Waals surface area contributed by atoms with Gasteiger partial charge >= 0.3 is 0 Å². The minimum absolute atomic E-state index is 0.0207. The number of hydrogen-bond donors (Lipinski definition) is 0. The van der Waals surface area contributed by atoms with Crippen LogP contribution in [0.4, 0.5) is 0 Å². The zero-order chi connectivity index (χ0) is 10.6. The lowest BCUT2D eigenvalue weighted by Gasteiger charge is -2.21. The predicted octanol–water partition coefficient (Wildman–Crippen LogP) is 3.07. The minimum Gasteiger partial charge on any atom is -0.489 e. The molecule has 0 amide bonds. The molecule has 0 aliphatic carbocycles. The first-order valence-corrected chi connectivity index (χ1v) is 5.06. The molecular formula is C12H16O2. The molecule has 0 bridgehead atoms. The van der Waals surface area contributed by atoms with Gasteiger partial charge in [-0.1, -0.05) is 26.0 Å². The molecule has 0 fully saturated rings. The fourth-order valence-corrected chi connectivity index (χ4v) is 1.43. The smallest absolute Gasteiger partial charge is 0.170 e.